The van der Waals surface area contributed by atoms with Crippen LogP contribution < -0.4 is 11.1 Å². The lowest BCUT2D eigenvalue weighted by molar-refractivity contribution is 0.0951. The van der Waals surface area contributed by atoms with Crippen LogP contribution in [0.15, 0.2) is 60.8 Å². The van der Waals surface area contributed by atoms with Gasteiger partial charge >= 0.3 is 0 Å². The topological polar surface area (TPSA) is 80.9 Å². The Labute approximate surface area is 138 Å². The van der Waals surface area contributed by atoms with Crippen LogP contribution in [0.1, 0.15) is 15.9 Å². The first kappa shape index (κ1) is 15.6. The van der Waals surface area contributed by atoms with Gasteiger partial charge in [-0.3, -0.25) is 4.79 Å². The number of benzene rings is 2. The molecule has 3 N–H and O–H groups in total. The molecular weight excluding hydrogens is 307 g/mol. The second-order valence-corrected chi connectivity index (χ2v) is 5.19. The van der Waals surface area contributed by atoms with Gasteiger partial charge in [-0.05, 0) is 35.9 Å². The molecule has 0 aliphatic carbocycles. The molecule has 0 atom stereocenters. The fourth-order valence-electron chi connectivity index (χ4n) is 2.26. The molecule has 5 nitrogen and oxygen atoms in total. The fraction of sp³-hybridized carbons (Fsp3) is 0.0556. The molecule has 120 valence electrons. The number of nitrogens with two attached hydrogens (primary N) is 1. The fourth-order valence-corrected chi connectivity index (χ4v) is 2.26. The van der Waals surface area contributed by atoms with Crippen LogP contribution in [0.2, 0.25) is 0 Å². The van der Waals surface area contributed by atoms with Gasteiger partial charge in [0.2, 0.25) is 5.95 Å². The van der Waals surface area contributed by atoms with E-state index in [-0.39, 0.29) is 24.2 Å². The van der Waals surface area contributed by atoms with Crippen molar-refractivity contribution < 1.29 is 9.18 Å². The SMILES string of the molecule is Nc1nccc(-c2ccc(C(=O)NCc3cccc(F)c3)cc2)n1. The molecule has 3 rings (SSSR count). The highest BCUT2D eigenvalue weighted by atomic mass is 19.1. The molecule has 2 aromatic carbocycles. The summed E-state index contributed by atoms with van der Waals surface area (Å²) in [7, 11) is 0. The highest BCUT2D eigenvalue weighted by Gasteiger charge is 2.07. The van der Waals surface area contributed by atoms with Crippen LogP contribution in [0.5, 0.6) is 0 Å². The largest absolute Gasteiger partial charge is 0.368 e. The molecule has 0 saturated carbocycles. The molecule has 6 heteroatoms. The summed E-state index contributed by atoms with van der Waals surface area (Å²) in [5.74, 6) is -0.354. The molecule has 1 aromatic heterocycles. The van der Waals surface area contributed by atoms with Gasteiger partial charge in [0.1, 0.15) is 5.82 Å². The summed E-state index contributed by atoms with van der Waals surface area (Å²) in [4.78, 5) is 20.1. The van der Waals surface area contributed by atoms with Crippen molar-refractivity contribution in [3.05, 3.63) is 77.7 Å². The van der Waals surface area contributed by atoms with E-state index >= 15 is 0 Å². The molecular formula is C18H15FN4O. The van der Waals surface area contributed by atoms with Gasteiger partial charge in [-0.25, -0.2) is 14.4 Å². The van der Waals surface area contributed by atoms with E-state index < -0.39 is 0 Å². The van der Waals surface area contributed by atoms with Crippen LogP contribution in [0, 0.1) is 5.82 Å². The van der Waals surface area contributed by atoms with Crippen molar-refractivity contribution in [3.8, 4) is 11.3 Å². The van der Waals surface area contributed by atoms with Crippen LogP contribution in [0.25, 0.3) is 11.3 Å². The molecule has 3 aromatic rings. The molecule has 0 aliphatic heterocycles. The first-order valence-electron chi connectivity index (χ1n) is 7.33. The quantitative estimate of drug-likeness (QED) is 0.774. The number of hydrogen-bond donors (Lipinski definition) is 2. The van der Waals surface area contributed by atoms with Crippen LogP contribution in [-0.4, -0.2) is 15.9 Å². The monoisotopic (exact) mass is 322 g/mol. The second kappa shape index (κ2) is 6.87. The lowest BCUT2D eigenvalue weighted by Gasteiger charge is -2.07. The lowest BCUT2D eigenvalue weighted by Crippen LogP contribution is -2.22. The highest BCUT2D eigenvalue weighted by molar-refractivity contribution is 5.94. The summed E-state index contributed by atoms with van der Waals surface area (Å²) >= 11 is 0. The zero-order valence-electron chi connectivity index (χ0n) is 12.7. The first-order chi connectivity index (χ1) is 11.6. The Morgan fingerprint density at radius 2 is 1.92 bits per heavy atom. The third-order valence-electron chi connectivity index (χ3n) is 3.46. The van der Waals surface area contributed by atoms with Crippen LogP contribution in [0.4, 0.5) is 10.3 Å². The average molecular weight is 322 g/mol. The molecule has 24 heavy (non-hydrogen) atoms. The smallest absolute Gasteiger partial charge is 0.251 e. The Morgan fingerprint density at radius 1 is 1.12 bits per heavy atom. The molecule has 0 radical (unpaired) electrons. The van der Waals surface area contributed by atoms with Crippen molar-refractivity contribution in [2.45, 2.75) is 6.54 Å². The van der Waals surface area contributed by atoms with Crippen LogP contribution in [-0.2, 0) is 6.54 Å². The molecule has 0 aliphatic rings. The Balaban J connectivity index is 1.68. The number of aromatic nitrogens is 2. The van der Waals surface area contributed by atoms with Gasteiger partial charge in [-0.2, -0.15) is 0 Å². The number of anilines is 1. The third-order valence-corrected chi connectivity index (χ3v) is 3.46. The van der Waals surface area contributed by atoms with Crippen molar-refractivity contribution in [1.29, 1.82) is 0 Å². The summed E-state index contributed by atoms with van der Waals surface area (Å²) in [6.07, 6.45) is 1.58. The van der Waals surface area contributed by atoms with E-state index in [0.29, 0.717) is 16.8 Å². The van der Waals surface area contributed by atoms with E-state index in [4.69, 9.17) is 5.73 Å². The predicted octanol–water partition coefficient (Wildman–Crippen LogP) is 2.79. The van der Waals surface area contributed by atoms with Crippen LogP contribution >= 0.6 is 0 Å². The normalized spacial score (nSPS) is 10.4. The van der Waals surface area contributed by atoms with Crippen molar-refractivity contribution >= 4 is 11.9 Å². The number of hydrogen-bond acceptors (Lipinski definition) is 4. The maximum absolute atomic E-state index is 13.1. The van der Waals surface area contributed by atoms with Crippen molar-refractivity contribution in [2.24, 2.45) is 0 Å². The van der Waals surface area contributed by atoms with E-state index in [2.05, 4.69) is 15.3 Å². The minimum atomic E-state index is -0.324. The van der Waals surface area contributed by atoms with Gasteiger partial charge in [0.25, 0.3) is 5.91 Å². The van der Waals surface area contributed by atoms with E-state index in [0.717, 1.165) is 5.56 Å². The summed E-state index contributed by atoms with van der Waals surface area (Å²) in [5, 5.41) is 2.76. The van der Waals surface area contributed by atoms with Gasteiger partial charge < -0.3 is 11.1 Å². The summed E-state index contributed by atoms with van der Waals surface area (Å²) < 4.78 is 13.1. The Bertz CT molecular complexity index is 865. The van der Waals surface area contributed by atoms with Gasteiger partial charge in [-0.1, -0.05) is 24.3 Å². The minimum Gasteiger partial charge on any atom is -0.368 e. The van der Waals surface area contributed by atoms with Gasteiger partial charge in [-0.15, -0.1) is 0 Å². The molecule has 0 saturated heterocycles. The van der Waals surface area contributed by atoms with E-state index in [1.807, 2.05) is 0 Å². The maximum Gasteiger partial charge on any atom is 0.251 e. The second-order valence-electron chi connectivity index (χ2n) is 5.19. The third kappa shape index (κ3) is 3.73. The predicted molar refractivity (Wildman–Crippen MR) is 89.5 cm³/mol. The average Bonchev–Trinajstić information content (AvgIpc) is 2.60. The number of nitrogen functional groups attached to an aromatic ring is 1. The molecule has 1 heterocycles. The van der Waals surface area contributed by atoms with Gasteiger partial charge in [0.15, 0.2) is 0 Å². The molecule has 0 unspecified atom stereocenters. The number of nitrogens with zero attached hydrogens (tertiary/aromatic N) is 2. The molecule has 0 fully saturated rings. The number of halogens is 1. The minimum absolute atomic E-state index is 0.199. The molecule has 1 amide bonds. The number of carbonyl (C=O) groups excluding carboxylic acids is 1. The highest BCUT2D eigenvalue weighted by Crippen LogP contribution is 2.17. The molecule has 0 bridgehead atoms. The zero-order valence-corrected chi connectivity index (χ0v) is 12.7. The zero-order chi connectivity index (χ0) is 16.9. The van der Waals surface area contributed by atoms with E-state index in [1.165, 1.54) is 12.1 Å². The van der Waals surface area contributed by atoms with Crippen molar-refractivity contribution in [1.82, 2.24) is 15.3 Å². The van der Waals surface area contributed by atoms with E-state index in [1.54, 1.807) is 48.7 Å². The van der Waals surface area contributed by atoms with Gasteiger partial charge in [0, 0.05) is 23.9 Å². The lowest BCUT2D eigenvalue weighted by atomic mass is 10.1. The van der Waals surface area contributed by atoms with Crippen LogP contribution in [0.3, 0.4) is 0 Å². The van der Waals surface area contributed by atoms with Gasteiger partial charge in [0.05, 0.1) is 5.69 Å². The number of nitrogens with one attached hydrogen (secondary N) is 1. The summed E-state index contributed by atoms with van der Waals surface area (Å²) in [5.41, 5.74) is 8.31. The number of amides is 1. The number of carbonyl (C=O) groups is 1. The molecule has 0 spiro atoms. The van der Waals surface area contributed by atoms with E-state index in [9.17, 15) is 9.18 Å². The van der Waals surface area contributed by atoms with Crippen molar-refractivity contribution in [2.75, 3.05) is 5.73 Å². The first-order valence-corrected chi connectivity index (χ1v) is 7.33. The van der Waals surface area contributed by atoms with Crippen molar-refractivity contribution in [3.63, 3.8) is 0 Å². The summed E-state index contributed by atoms with van der Waals surface area (Å²) in [6, 6.07) is 14.9. The maximum atomic E-state index is 13.1. The summed E-state index contributed by atoms with van der Waals surface area (Å²) in [6.45, 7) is 0.265. The standard InChI is InChI=1S/C18H15FN4O/c19-15-3-1-2-12(10-15)11-22-17(24)14-6-4-13(5-7-14)16-8-9-21-18(20)23-16/h1-10H,11H2,(H,22,24)(H2,20,21,23). The Morgan fingerprint density at radius 3 is 2.62 bits per heavy atom. The Kier molecular flexibility index (Phi) is 4.47. The Hall–Kier alpha value is -3.28. The number of rotatable bonds is 4.